The fourth-order valence-corrected chi connectivity index (χ4v) is 1.93. The minimum atomic E-state index is -0.452. The smallest absolute Gasteiger partial charge is 0.270 e. The molecule has 1 saturated carbocycles. The summed E-state index contributed by atoms with van der Waals surface area (Å²) in [6, 6.07) is 4.36. The zero-order valence-electron chi connectivity index (χ0n) is 12.1. The van der Waals surface area contributed by atoms with Crippen LogP contribution in [-0.4, -0.2) is 30.0 Å². The summed E-state index contributed by atoms with van der Waals surface area (Å²) < 4.78 is 5.18. The molecule has 1 atom stereocenters. The fraction of sp³-hybridized carbons (Fsp3) is 0.500. The van der Waals surface area contributed by atoms with Crippen molar-refractivity contribution in [3.8, 4) is 5.75 Å². The predicted molar refractivity (Wildman–Crippen MR) is 77.1 cm³/mol. The van der Waals surface area contributed by atoms with Crippen LogP contribution in [0.3, 0.4) is 0 Å². The van der Waals surface area contributed by atoms with Gasteiger partial charge in [0.1, 0.15) is 5.75 Å². The summed E-state index contributed by atoms with van der Waals surface area (Å²) in [5, 5.41) is 16.8. The SMILES string of the molecule is COc1ccc([N+](=O)[O-])cc1CNC(C)C(=O)NC1CC1. The molecule has 1 amide bonds. The number of amides is 1. The quantitative estimate of drug-likeness (QED) is 0.585. The van der Waals surface area contributed by atoms with Crippen LogP contribution in [0.25, 0.3) is 0 Å². The Bertz CT molecular complexity index is 543. The third kappa shape index (κ3) is 4.16. The number of carbonyl (C=O) groups excluding carboxylic acids is 1. The Morgan fingerprint density at radius 1 is 1.52 bits per heavy atom. The van der Waals surface area contributed by atoms with E-state index in [4.69, 9.17) is 4.74 Å². The van der Waals surface area contributed by atoms with Crippen LogP contribution in [0.5, 0.6) is 5.75 Å². The van der Waals surface area contributed by atoms with Crippen LogP contribution in [0.15, 0.2) is 18.2 Å². The van der Waals surface area contributed by atoms with Gasteiger partial charge in [-0.3, -0.25) is 14.9 Å². The molecule has 1 aliphatic carbocycles. The molecule has 7 heteroatoms. The molecule has 0 aliphatic heterocycles. The lowest BCUT2D eigenvalue weighted by Gasteiger charge is -2.15. The number of hydrogen-bond donors (Lipinski definition) is 2. The Balaban J connectivity index is 1.98. The Morgan fingerprint density at radius 3 is 2.81 bits per heavy atom. The first kappa shape index (κ1) is 15.2. The second kappa shape index (κ2) is 6.53. The zero-order chi connectivity index (χ0) is 15.4. The minimum Gasteiger partial charge on any atom is -0.496 e. The summed E-state index contributed by atoms with van der Waals surface area (Å²) in [5.41, 5.74) is 0.653. The normalized spacial score (nSPS) is 15.3. The van der Waals surface area contributed by atoms with Gasteiger partial charge in [-0.05, 0) is 25.8 Å². The number of nitro benzene ring substituents is 1. The molecule has 1 fully saturated rings. The Morgan fingerprint density at radius 2 is 2.24 bits per heavy atom. The maximum atomic E-state index is 11.8. The number of nitrogens with one attached hydrogen (secondary N) is 2. The van der Waals surface area contributed by atoms with Gasteiger partial charge in [0.2, 0.25) is 5.91 Å². The van der Waals surface area contributed by atoms with Gasteiger partial charge in [0.05, 0.1) is 18.1 Å². The van der Waals surface area contributed by atoms with Gasteiger partial charge < -0.3 is 15.4 Å². The number of carbonyl (C=O) groups is 1. The highest BCUT2D eigenvalue weighted by Crippen LogP contribution is 2.24. The molecule has 0 heterocycles. The summed E-state index contributed by atoms with van der Waals surface area (Å²) in [6.45, 7) is 2.09. The molecule has 21 heavy (non-hydrogen) atoms. The molecule has 1 aromatic carbocycles. The molecule has 0 saturated heterocycles. The fourth-order valence-electron chi connectivity index (χ4n) is 1.93. The van der Waals surface area contributed by atoms with Crippen molar-refractivity contribution in [3.63, 3.8) is 0 Å². The summed E-state index contributed by atoms with van der Waals surface area (Å²) >= 11 is 0. The van der Waals surface area contributed by atoms with Crippen molar-refractivity contribution < 1.29 is 14.5 Å². The molecule has 1 aliphatic rings. The van der Waals surface area contributed by atoms with Crippen LogP contribution in [0.4, 0.5) is 5.69 Å². The van der Waals surface area contributed by atoms with Crippen molar-refractivity contribution in [3.05, 3.63) is 33.9 Å². The van der Waals surface area contributed by atoms with Crippen LogP contribution in [0.2, 0.25) is 0 Å². The van der Waals surface area contributed by atoms with Crippen molar-refractivity contribution in [1.82, 2.24) is 10.6 Å². The highest BCUT2D eigenvalue weighted by molar-refractivity contribution is 5.81. The number of benzene rings is 1. The molecule has 0 radical (unpaired) electrons. The second-order valence-electron chi connectivity index (χ2n) is 5.14. The molecule has 7 nitrogen and oxygen atoms in total. The van der Waals surface area contributed by atoms with E-state index < -0.39 is 4.92 Å². The number of ether oxygens (including phenoxy) is 1. The van der Waals surface area contributed by atoms with Crippen LogP contribution in [0, 0.1) is 10.1 Å². The lowest BCUT2D eigenvalue weighted by atomic mass is 10.1. The lowest BCUT2D eigenvalue weighted by molar-refractivity contribution is -0.384. The third-order valence-electron chi connectivity index (χ3n) is 3.39. The van der Waals surface area contributed by atoms with Crippen LogP contribution in [-0.2, 0) is 11.3 Å². The van der Waals surface area contributed by atoms with E-state index in [1.165, 1.54) is 19.2 Å². The van der Waals surface area contributed by atoms with Crippen molar-refractivity contribution >= 4 is 11.6 Å². The van der Waals surface area contributed by atoms with Gasteiger partial charge in [-0.1, -0.05) is 0 Å². The van der Waals surface area contributed by atoms with Crippen LogP contribution < -0.4 is 15.4 Å². The summed E-state index contributed by atoms with van der Waals surface area (Å²) in [5.74, 6) is 0.504. The number of methoxy groups -OCH3 is 1. The number of hydrogen-bond acceptors (Lipinski definition) is 5. The molecule has 2 rings (SSSR count). The van der Waals surface area contributed by atoms with E-state index in [1.54, 1.807) is 13.0 Å². The molecular formula is C14H19N3O4. The standard InChI is InChI=1S/C14H19N3O4/c1-9(14(18)16-11-3-4-11)15-8-10-7-12(17(19)20)5-6-13(10)21-2/h5-7,9,11,15H,3-4,8H2,1-2H3,(H,16,18). The number of nitro groups is 1. The highest BCUT2D eigenvalue weighted by Gasteiger charge is 2.25. The van der Waals surface area contributed by atoms with Gasteiger partial charge in [-0.2, -0.15) is 0 Å². The van der Waals surface area contributed by atoms with Crippen LogP contribution >= 0.6 is 0 Å². The van der Waals surface area contributed by atoms with Crippen molar-refractivity contribution in [2.75, 3.05) is 7.11 Å². The monoisotopic (exact) mass is 293 g/mol. The van der Waals surface area contributed by atoms with Gasteiger partial charge in [0.25, 0.3) is 5.69 Å². The molecule has 2 N–H and O–H groups in total. The van der Waals surface area contributed by atoms with E-state index in [-0.39, 0.29) is 17.6 Å². The number of nitrogens with zero attached hydrogens (tertiary/aromatic N) is 1. The molecule has 1 unspecified atom stereocenters. The van der Waals surface area contributed by atoms with E-state index in [0.29, 0.717) is 23.9 Å². The van der Waals surface area contributed by atoms with E-state index in [0.717, 1.165) is 12.8 Å². The van der Waals surface area contributed by atoms with Gasteiger partial charge >= 0.3 is 0 Å². The summed E-state index contributed by atoms with van der Waals surface area (Å²) in [4.78, 5) is 22.2. The second-order valence-corrected chi connectivity index (χ2v) is 5.14. The van der Waals surface area contributed by atoms with Crippen molar-refractivity contribution in [2.45, 2.75) is 38.4 Å². The average Bonchev–Trinajstić information content (AvgIpc) is 3.28. The maximum Gasteiger partial charge on any atom is 0.270 e. The topological polar surface area (TPSA) is 93.5 Å². The average molecular weight is 293 g/mol. The number of rotatable bonds is 7. The molecule has 114 valence electrons. The maximum absolute atomic E-state index is 11.8. The van der Waals surface area contributed by atoms with Gasteiger partial charge in [0.15, 0.2) is 0 Å². The minimum absolute atomic E-state index is 0.00249. The zero-order valence-corrected chi connectivity index (χ0v) is 12.1. The van der Waals surface area contributed by atoms with E-state index in [9.17, 15) is 14.9 Å². The van der Waals surface area contributed by atoms with Crippen LogP contribution in [0.1, 0.15) is 25.3 Å². The van der Waals surface area contributed by atoms with E-state index >= 15 is 0 Å². The summed E-state index contributed by atoms with van der Waals surface area (Å²) in [7, 11) is 1.51. The number of non-ortho nitro benzene ring substituents is 1. The Hall–Kier alpha value is -2.15. The third-order valence-corrected chi connectivity index (χ3v) is 3.39. The Labute approximate surface area is 122 Å². The lowest BCUT2D eigenvalue weighted by Crippen LogP contribution is -2.42. The van der Waals surface area contributed by atoms with Gasteiger partial charge in [0, 0.05) is 30.3 Å². The largest absolute Gasteiger partial charge is 0.496 e. The molecule has 0 spiro atoms. The predicted octanol–water partition coefficient (Wildman–Crippen LogP) is 1.36. The molecular weight excluding hydrogens is 274 g/mol. The highest BCUT2D eigenvalue weighted by atomic mass is 16.6. The molecule has 0 aromatic heterocycles. The first-order valence-electron chi connectivity index (χ1n) is 6.86. The molecule has 1 aromatic rings. The van der Waals surface area contributed by atoms with Crippen molar-refractivity contribution in [1.29, 1.82) is 0 Å². The van der Waals surface area contributed by atoms with E-state index in [1.807, 2.05) is 0 Å². The molecule has 0 bridgehead atoms. The first-order valence-corrected chi connectivity index (χ1v) is 6.86. The Kier molecular flexibility index (Phi) is 4.74. The van der Waals surface area contributed by atoms with E-state index in [2.05, 4.69) is 10.6 Å². The first-order chi connectivity index (χ1) is 10.0. The van der Waals surface area contributed by atoms with Gasteiger partial charge in [-0.25, -0.2) is 0 Å². The summed E-state index contributed by atoms with van der Waals surface area (Å²) in [6.07, 6.45) is 2.08. The van der Waals surface area contributed by atoms with Crippen molar-refractivity contribution in [2.24, 2.45) is 0 Å². The van der Waals surface area contributed by atoms with Gasteiger partial charge in [-0.15, -0.1) is 0 Å².